The number of rotatable bonds is 2. The first-order chi connectivity index (χ1) is 9.75. The van der Waals surface area contributed by atoms with Crippen molar-refractivity contribution in [1.29, 1.82) is 0 Å². The van der Waals surface area contributed by atoms with Crippen molar-refractivity contribution < 1.29 is 14.3 Å². The number of pyridine rings is 1. The molecule has 4 nitrogen and oxygen atoms in total. The van der Waals surface area contributed by atoms with E-state index in [1.165, 1.54) is 0 Å². The number of halogens is 1. The highest BCUT2D eigenvalue weighted by Gasteiger charge is 2.17. The van der Waals surface area contributed by atoms with Crippen molar-refractivity contribution in [2.75, 3.05) is 13.2 Å². The number of ether oxygens (including phenoxy) is 2. The standard InChI is InChI=1S/C15H12ClNO3/c16-11-3-1-6-17-14(11)15(18)10-4-5-12-13(9-10)20-8-2-7-19-12/h1,3-6,9H,2,7-8H2. The quantitative estimate of drug-likeness (QED) is 0.797. The molecule has 0 atom stereocenters. The Morgan fingerprint density at radius 2 is 1.95 bits per heavy atom. The largest absolute Gasteiger partial charge is 0.490 e. The molecule has 2 heterocycles. The minimum atomic E-state index is -0.230. The van der Waals surface area contributed by atoms with Crippen LogP contribution in [-0.2, 0) is 0 Å². The highest BCUT2D eigenvalue weighted by Crippen LogP contribution is 2.31. The van der Waals surface area contributed by atoms with E-state index in [2.05, 4.69) is 4.98 Å². The van der Waals surface area contributed by atoms with Gasteiger partial charge in [-0.15, -0.1) is 0 Å². The Hall–Kier alpha value is -2.07. The van der Waals surface area contributed by atoms with Gasteiger partial charge >= 0.3 is 0 Å². The molecule has 0 radical (unpaired) electrons. The first-order valence-electron chi connectivity index (χ1n) is 6.30. The predicted molar refractivity (Wildman–Crippen MR) is 74.7 cm³/mol. The second kappa shape index (κ2) is 5.51. The molecule has 0 fully saturated rings. The fourth-order valence-corrected chi connectivity index (χ4v) is 2.20. The Morgan fingerprint density at radius 3 is 2.75 bits per heavy atom. The summed E-state index contributed by atoms with van der Waals surface area (Å²) in [6.45, 7) is 1.20. The van der Waals surface area contributed by atoms with Crippen LogP contribution in [0.25, 0.3) is 0 Å². The van der Waals surface area contributed by atoms with E-state index >= 15 is 0 Å². The fraction of sp³-hybridized carbons (Fsp3) is 0.200. The van der Waals surface area contributed by atoms with E-state index in [1.807, 2.05) is 0 Å². The lowest BCUT2D eigenvalue weighted by Crippen LogP contribution is -2.05. The molecule has 0 N–H and O–H groups in total. The maximum atomic E-state index is 12.4. The molecule has 1 aliphatic heterocycles. The maximum Gasteiger partial charge on any atom is 0.213 e. The highest BCUT2D eigenvalue weighted by atomic mass is 35.5. The topological polar surface area (TPSA) is 48.4 Å². The lowest BCUT2D eigenvalue weighted by atomic mass is 10.1. The van der Waals surface area contributed by atoms with E-state index in [0.29, 0.717) is 35.3 Å². The molecule has 102 valence electrons. The number of benzene rings is 1. The van der Waals surface area contributed by atoms with Crippen molar-refractivity contribution in [1.82, 2.24) is 4.98 Å². The summed E-state index contributed by atoms with van der Waals surface area (Å²) >= 11 is 6.00. The zero-order chi connectivity index (χ0) is 13.9. The molecule has 0 amide bonds. The average molecular weight is 290 g/mol. The van der Waals surface area contributed by atoms with Gasteiger partial charge < -0.3 is 9.47 Å². The van der Waals surface area contributed by atoms with E-state index in [4.69, 9.17) is 21.1 Å². The number of hydrogen-bond acceptors (Lipinski definition) is 4. The van der Waals surface area contributed by atoms with Crippen molar-refractivity contribution in [3.05, 3.63) is 52.8 Å². The molecular weight excluding hydrogens is 278 g/mol. The molecule has 1 aliphatic rings. The van der Waals surface area contributed by atoms with Gasteiger partial charge in [-0.1, -0.05) is 11.6 Å². The molecule has 0 saturated heterocycles. The molecule has 2 aromatic rings. The third-order valence-electron chi connectivity index (χ3n) is 2.98. The summed E-state index contributed by atoms with van der Waals surface area (Å²) in [4.78, 5) is 16.4. The monoisotopic (exact) mass is 289 g/mol. The van der Waals surface area contributed by atoms with E-state index in [1.54, 1.807) is 36.5 Å². The van der Waals surface area contributed by atoms with Gasteiger partial charge in [0.05, 0.1) is 18.2 Å². The summed E-state index contributed by atoms with van der Waals surface area (Å²) < 4.78 is 11.1. The molecule has 20 heavy (non-hydrogen) atoms. The summed E-state index contributed by atoms with van der Waals surface area (Å²) in [6.07, 6.45) is 2.37. The Kier molecular flexibility index (Phi) is 3.56. The number of aromatic nitrogens is 1. The average Bonchev–Trinajstić information content (AvgIpc) is 2.71. The number of carbonyl (C=O) groups is 1. The Bertz CT molecular complexity index is 657. The van der Waals surface area contributed by atoms with Gasteiger partial charge in [0.15, 0.2) is 11.5 Å². The van der Waals surface area contributed by atoms with E-state index in [-0.39, 0.29) is 11.5 Å². The molecule has 0 unspecified atom stereocenters. The molecule has 0 spiro atoms. The van der Waals surface area contributed by atoms with Crippen molar-refractivity contribution >= 4 is 17.4 Å². The van der Waals surface area contributed by atoms with Gasteiger partial charge in [-0.05, 0) is 30.3 Å². The summed E-state index contributed by atoms with van der Waals surface area (Å²) in [7, 11) is 0. The van der Waals surface area contributed by atoms with Crippen molar-refractivity contribution in [3.63, 3.8) is 0 Å². The second-order valence-corrected chi connectivity index (χ2v) is 4.78. The summed E-state index contributed by atoms with van der Waals surface area (Å²) in [5.74, 6) is 1.01. The lowest BCUT2D eigenvalue weighted by Gasteiger charge is -2.09. The van der Waals surface area contributed by atoms with Gasteiger partial charge in [0.1, 0.15) is 5.69 Å². The number of ketones is 1. The first-order valence-corrected chi connectivity index (χ1v) is 6.68. The smallest absolute Gasteiger partial charge is 0.213 e. The van der Waals surface area contributed by atoms with Crippen LogP contribution in [0.4, 0.5) is 0 Å². The van der Waals surface area contributed by atoms with Crippen LogP contribution in [0.2, 0.25) is 5.02 Å². The van der Waals surface area contributed by atoms with E-state index in [9.17, 15) is 4.79 Å². The Labute approximate surface area is 121 Å². The van der Waals surface area contributed by atoms with Crippen LogP contribution < -0.4 is 9.47 Å². The van der Waals surface area contributed by atoms with Crippen molar-refractivity contribution in [3.8, 4) is 11.5 Å². The molecular formula is C15H12ClNO3. The first kappa shape index (κ1) is 12.9. The number of hydrogen-bond donors (Lipinski definition) is 0. The van der Waals surface area contributed by atoms with Crippen molar-refractivity contribution in [2.45, 2.75) is 6.42 Å². The minimum Gasteiger partial charge on any atom is -0.490 e. The van der Waals surface area contributed by atoms with Gasteiger partial charge in [-0.25, -0.2) is 0 Å². The minimum absolute atomic E-state index is 0.230. The maximum absolute atomic E-state index is 12.4. The van der Waals surface area contributed by atoms with Gasteiger partial charge in [-0.3, -0.25) is 9.78 Å². The Morgan fingerprint density at radius 1 is 1.15 bits per heavy atom. The molecule has 3 rings (SSSR count). The van der Waals surface area contributed by atoms with Crippen molar-refractivity contribution in [2.24, 2.45) is 0 Å². The molecule has 0 bridgehead atoms. The zero-order valence-corrected chi connectivity index (χ0v) is 11.4. The van der Waals surface area contributed by atoms with Gasteiger partial charge in [0, 0.05) is 18.2 Å². The summed E-state index contributed by atoms with van der Waals surface area (Å²) in [5.41, 5.74) is 0.721. The third-order valence-corrected chi connectivity index (χ3v) is 3.29. The van der Waals surface area contributed by atoms with Gasteiger partial charge in [0.2, 0.25) is 5.78 Å². The molecule has 0 aliphatic carbocycles. The molecule has 5 heteroatoms. The zero-order valence-electron chi connectivity index (χ0n) is 10.6. The van der Waals surface area contributed by atoms with Crippen LogP contribution in [0.1, 0.15) is 22.5 Å². The highest BCUT2D eigenvalue weighted by molar-refractivity contribution is 6.34. The second-order valence-electron chi connectivity index (χ2n) is 4.37. The normalized spacial score (nSPS) is 13.7. The van der Waals surface area contributed by atoms with Gasteiger partial charge in [0.25, 0.3) is 0 Å². The van der Waals surface area contributed by atoms with Crippen LogP contribution in [0.5, 0.6) is 11.5 Å². The third kappa shape index (κ3) is 2.47. The Balaban J connectivity index is 1.97. The lowest BCUT2D eigenvalue weighted by molar-refractivity contribution is 0.103. The van der Waals surface area contributed by atoms with E-state index < -0.39 is 0 Å². The van der Waals surface area contributed by atoms with Crippen LogP contribution in [0, 0.1) is 0 Å². The fourth-order valence-electron chi connectivity index (χ4n) is 1.99. The van der Waals surface area contributed by atoms with Crippen LogP contribution in [0.3, 0.4) is 0 Å². The molecule has 0 saturated carbocycles. The van der Waals surface area contributed by atoms with Crippen LogP contribution in [-0.4, -0.2) is 24.0 Å². The van der Waals surface area contributed by atoms with E-state index in [0.717, 1.165) is 6.42 Å². The summed E-state index contributed by atoms with van der Waals surface area (Å²) in [6, 6.07) is 8.44. The van der Waals surface area contributed by atoms with Crippen LogP contribution >= 0.6 is 11.6 Å². The number of fused-ring (bicyclic) bond motifs is 1. The molecule has 1 aromatic carbocycles. The SMILES string of the molecule is O=C(c1ccc2c(c1)OCCCO2)c1ncccc1Cl. The predicted octanol–water partition coefficient (Wildman–Crippen LogP) is 3.13. The number of nitrogens with zero attached hydrogens (tertiary/aromatic N) is 1. The number of carbonyl (C=O) groups excluding carboxylic acids is 1. The summed E-state index contributed by atoms with van der Waals surface area (Å²) in [5, 5.41) is 0.338. The van der Waals surface area contributed by atoms with Gasteiger partial charge in [-0.2, -0.15) is 0 Å². The molecule has 1 aromatic heterocycles. The van der Waals surface area contributed by atoms with Crippen LogP contribution in [0.15, 0.2) is 36.5 Å².